The van der Waals surface area contributed by atoms with E-state index in [1.54, 1.807) is 0 Å². The van der Waals surface area contributed by atoms with E-state index in [9.17, 15) is 5.11 Å². The summed E-state index contributed by atoms with van der Waals surface area (Å²) < 4.78 is 0. The molecule has 1 aliphatic rings. The van der Waals surface area contributed by atoms with Gasteiger partial charge in [0, 0.05) is 29.4 Å². The maximum Gasteiger partial charge on any atom is 0.0750 e. The van der Waals surface area contributed by atoms with E-state index in [0.717, 1.165) is 5.56 Å². The van der Waals surface area contributed by atoms with Crippen LogP contribution in [0.5, 0.6) is 0 Å². The number of halogens is 1. The highest BCUT2D eigenvalue weighted by molar-refractivity contribution is 6.31. The van der Waals surface area contributed by atoms with Crippen molar-refractivity contribution in [1.29, 1.82) is 0 Å². The molecule has 0 aliphatic carbocycles. The Balaban J connectivity index is 1.72. The number of aliphatic hydroxyl groups is 1. The van der Waals surface area contributed by atoms with Gasteiger partial charge in [-0.2, -0.15) is 0 Å². The van der Waals surface area contributed by atoms with Crippen LogP contribution >= 0.6 is 11.6 Å². The average molecular weight is 392 g/mol. The molecule has 3 aromatic rings. The number of nitrogens with one attached hydrogen (secondary N) is 1. The van der Waals surface area contributed by atoms with Crippen LogP contribution in [0.4, 0.5) is 0 Å². The first-order valence-electron chi connectivity index (χ1n) is 9.88. The zero-order valence-electron chi connectivity index (χ0n) is 16.1. The number of hydrogen-bond acceptors (Lipinski definition) is 2. The monoisotopic (exact) mass is 391 g/mol. The molecule has 1 heterocycles. The molecule has 2 nitrogen and oxygen atoms in total. The molecule has 3 heteroatoms. The quantitative estimate of drug-likeness (QED) is 0.595. The summed E-state index contributed by atoms with van der Waals surface area (Å²) in [6.45, 7) is 2.14. The van der Waals surface area contributed by atoms with E-state index in [0.29, 0.717) is 17.9 Å². The van der Waals surface area contributed by atoms with E-state index in [-0.39, 0.29) is 18.0 Å². The van der Waals surface area contributed by atoms with Gasteiger partial charge in [-0.25, -0.2) is 0 Å². The van der Waals surface area contributed by atoms with Crippen LogP contribution in [0.25, 0.3) is 0 Å². The van der Waals surface area contributed by atoms with Gasteiger partial charge in [0.05, 0.1) is 5.60 Å². The van der Waals surface area contributed by atoms with Gasteiger partial charge in [0.15, 0.2) is 0 Å². The Bertz CT molecular complexity index is 914. The lowest BCUT2D eigenvalue weighted by Crippen LogP contribution is -2.53. The molecule has 2 N–H and O–H groups in total. The van der Waals surface area contributed by atoms with Crippen molar-refractivity contribution in [2.75, 3.05) is 0 Å². The van der Waals surface area contributed by atoms with Crippen LogP contribution in [-0.2, 0) is 6.42 Å². The molecule has 0 bridgehead atoms. The molecule has 0 saturated carbocycles. The van der Waals surface area contributed by atoms with Crippen LogP contribution in [0.2, 0.25) is 5.02 Å². The Hall–Kier alpha value is -2.13. The Morgan fingerprint density at radius 3 is 2.11 bits per heavy atom. The van der Waals surface area contributed by atoms with Gasteiger partial charge in [0.25, 0.3) is 0 Å². The summed E-state index contributed by atoms with van der Waals surface area (Å²) in [6.07, 6.45) is 1.19. The predicted molar refractivity (Wildman–Crippen MR) is 115 cm³/mol. The summed E-state index contributed by atoms with van der Waals surface area (Å²) >= 11 is 6.43. The largest absolute Gasteiger partial charge is 0.389 e. The van der Waals surface area contributed by atoms with Crippen molar-refractivity contribution in [3.63, 3.8) is 0 Å². The summed E-state index contributed by atoms with van der Waals surface area (Å²) in [6, 6.07) is 28.8. The predicted octanol–water partition coefficient (Wildman–Crippen LogP) is 5.73. The summed E-state index contributed by atoms with van der Waals surface area (Å²) in [5.41, 5.74) is 2.54. The van der Waals surface area contributed by atoms with Crippen molar-refractivity contribution < 1.29 is 5.11 Å². The van der Waals surface area contributed by atoms with E-state index in [1.165, 1.54) is 11.1 Å². The molecule has 4 rings (SSSR count). The van der Waals surface area contributed by atoms with Gasteiger partial charge in [-0.3, -0.25) is 0 Å². The first-order valence-corrected chi connectivity index (χ1v) is 10.3. The molecule has 1 aliphatic heterocycles. The molecule has 4 atom stereocenters. The van der Waals surface area contributed by atoms with E-state index < -0.39 is 5.60 Å². The van der Waals surface area contributed by atoms with Crippen molar-refractivity contribution in [2.45, 2.75) is 37.5 Å². The third-order valence-electron chi connectivity index (χ3n) is 6.10. The summed E-state index contributed by atoms with van der Waals surface area (Å²) in [4.78, 5) is 0. The van der Waals surface area contributed by atoms with Crippen LogP contribution in [0.3, 0.4) is 0 Å². The lowest BCUT2D eigenvalue weighted by atomic mass is 9.69. The van der Waals surface area contributed by atoms with E-state index in [4.69, 9.17) is 11.6 Å². The summed E-state index contributed by atoms with van der Waals surface area (Å²) in [5.74, 6) is 0.0335. The van der Waals surface area contributed by atoms with Crippen LogP contribution in [0, 0.1) is 5.92 Å². The number of benzene rings is 3. The van der Waals surface area contributed by atoms with Gasteiger partial charge >= 0.3 is 0 Å². The Kier molecular flexibility index (Phi) is 5.54. The lowest BCUT2D eigenvalue weighted by Gasteiger charge is -2.48. The van der Waals surface area contributed by atoms with Gasteiger partial charge in [-0.05, 0) is 29.2 Å². The first kappa shape index (κ1) is 19.2. The topological polar surface area (TPSA) is 32.3 Å². The second kappa shape index (κ2) is 8.08. The van der Waals surface area contributed by atoms with Gasteiger partial charge in [0.1, 0.15) is 0 Å². The van der Waals surface area contributed by atoms with Gasteiger partial charge in [0.2, 0.25) is 0 Å². The second-order valence-electron chi connectivity index (χ2n) is 7.88. The fourth-order valence-corrected chi connectivity index (χ4v) is 4.62. The molecule has 1 saturated heterocycles. The van der Waals surface area contributed by atoms with E-state index >= 15 is 0 Å². The van der Waals surface area contributed by atoms with Crippen LogP contribution in [0.1, 0.15) is 42.1 Å². The Morgan fingerprint density at radius 1 is 0.893 bits per heavy atom. The zero-order chi connectivity index (χ0) is 19.6. The molecule has 1 fully saturated rings. The first-order chi connectivity index (χ1) is 13.6. The number of piperidine rings is 1. The fraction of sp³-hybridized carbons (Fsp3) is 0.280. The molecule has 144 valence electrons. The third-order valence-corrected chi connectivity index (χ3v) is 6.47. The minimum Gasteiger partial charge on any atom is -0.389 e. The van der Waals surface area contributed by atoms with E-state index in [2.05, 4.69) is 60.8 Å². The molecule has 28 heavy (non-hydrogen) atoms. The van der Waals surface area contributed by atoms with Crippen molar-refractivity contribution in [3.8, 4) is 0 Å². The number of hydrogen-bond donors (Lipinski definition) is 2. The Morgan fingerprint density at radius 2 is 1.46 bits per heavy atom. The lowest BCUT2D eigenvalue weighted by molar-refractivity contribution is -0.0674. The smallest absolute Gasteiger partial charge is 0.0750 e. The van der Waals surface area contributed by atoms with Crippen molar-refractivity contribution >= 4 is 11.6 Å². The Labute approximate surface area is 172 Å². The second-order valence-corrected chi connectivity index (χ2v) is 8.29. The highest BCUT2D eigenvalue weighted by Gasteiger charge is 2.46. The van der Waals surface area contributed by atoms with Crippen LogP contribution < -0.4 is 5.32 Å². The van der Waals surface area contributed by atoms with Gasteiger partial charge in [-0.1, -0.05) is 97.4 Å². The summed E-state index contributed by atoms with van der Waals surface area (Å²) in [5, 5.41) is 16.4. The third kappa shape index (κ3) is 3.86. The fourth-order valence-electron chi connectivity index (χ4n) is 4.42. The van der Waals surface area contributed by atoms with Gasteiger partial charge < -0.3 is 10.4 Å². The SMILES string of the molecule is C[C@H]1[C@@H](c2ccccc2)N[C@@H](c2ccccc2)C[C@]1(O)Cc1ccccc1Cl. The molecular weight excluding hydrogens is 366 g/mol. The standard InChI is InChI=1S/C25H26ClNO/c1-18-24(20-12-6-3-7-13-20)27-23(19-10-4-2-5-11-19)17-25(18,28)16-21-14-8-9-15-22(21)26/h2-15,18,23-24,27-28H,16-17H2,1H3/t18-,23+,24-,25+/m0/s1. The summed E-state index contributed by atoms with van der Waals surface area (Å²) in [7, 11) is 0. The molecular formula is C25H26ClNO. The highest BCUT2D eigenvalue weighted by Crippen LogP contribution is 2.45. The maximum atomic E-state index is 11.9. The molecule has 0 radical (unpaired) electrons. The molecule has 0 aromatic heterocycles. The van der Waals surface area contributed by atoms with Crippen molar-refractivity contribution in [3.05, 3.63) is 107 Å². The molecule has 0 amide bonds. The normalized spacial score (nSPS) is 27.5. The van der Waals surface area contributed by atoms with Crippen LogP contribution in [0.15, 0.2) is 84.9 Å². The zero-order valence-corrected chi connectivity index (χ0v) is 16.8. The molecule has 0 spiro atoms. The number of rotatable bonds is 4. The van der Waals surface area contributed by atoms with Crippen molar-refractivity contribution in [2.24, 2.45) is 5.92 Å². The van der Waals surface area contributed by atoms with Gasteiger partial charge in [-0.15, -0.1) is 0 Å². The maximum absolute atomic E-state index is 11.9. The average Bonchev–Trinajstić information content (AvgIpc) is 2.73. The highest BCUT2D eigenvalue weighted by atomic mass is 35.5. The minimum absolute atomic E-state index is 0.0335. The van der Waals surface area contributed by atoms with Crippen molar-refractivity contribution in [1.82, 2.24) is 5.32 Å². The molecule has 3 aromatic carbocycles. The van der Waals surface area contributed by atoms with E-state index in [1.807, 2.05) is 36.4 Å². The molecule has 0 unspecified atom stereocenters. The van der Waals surface area contributed by atoms with Crippen LogP contribution in [-0.4, -0.2) is 10.7 Å². The minimum atomic E-state index is -0.864.